The van der Waals surface area contributed by atoms with E-state index >= 15 is 0 Å². The molecule has 0 N–H and O–H groups in total. The summed E-state index contributed by atoms with van der Waals surface area (Å²) >= 11 is 1.66. The minimum absolute atomic E-state index is 0.364. The van der Waals surface area contributed by atoms with Crippen molar-refractivity contribution in [2.45, 2.75) is 49.3 Å². The Bertz CT molecular complexity index is 882. The van der Waals surface area contributed by atoms with E-state index in [1.807, 2.05) is 6.20 Å². The van der Waals surface area contributed by atoms with Gasteiger partial charge in [-0.1, -0.05) is 17.8 Å². The molecule has 2 aromatic rings. The Kier molecular flexibility index (Phi) is 5.94. The number of fused-ring (bicyclic) bond motifs is 1. The van der Waals surface area contributed by atoms with Gasteiger partial charge in [-0.25, -0.2) is 9.97 Å². The van der Waals surface area contributed by atoms with Gasteiger partial charge in [0.05, 0.1) is 23.5 Å². The Morgan fingerprint density at radius 1 is 1.00 bits per heavy atom. The summed E-state index contributed by atoms with van der Waals surface area (Å²) in [6.07, 6.45) is 10.1. The number of thioether (sulfide) groups is 1. The molecule has 30 heavy (non-hydrogen) atoms. The molecule has 0 unspecified atom stereocenters. The van der Waals surface area contributed by atoms with E-state index < -0.39 is 0 Å². The van der Waals surface area contributed by atoms with Gasteiger partial charge in [0.2, 0.25) is 0 Å². The van der Waals surface area contributed by atoms with Crippen molar-refractivity contribution in [1.82, 2.24) is 24.8 Å². The van der Waals surface area contributed by atoms with Crippen LogP contribution in [0.2, 0.25) is 0 Å². The fourth-order valence-electron chi connectivity index (χ4n) is 5.28. The van der Waals surface area contributed by atoms with Crippen molar-refractivity contribution < 1.29 is 0 Å². The zero-order valence-corrected chi connectivity index (χ0v) is 18.9. The van der Waals surface area contributed by atoms with E-state index in [2.05, 4.69) is 46.2 Å². The van der Waals surface area contributed by atoms with Gasteiger partial charge in [-0.2, -0.15) is 0 Å². The van der Waals surface area contributed by atoms with Crippen molar-refractivity contribution in [3.05, 3.63) is 41.3 Å². The van der Waals surface area contributed by atoms with E-state index in [0.717, 1.165) is 50.1 Å². The Morgan fingerprint density at radius 2 is 1.83 bits per heavy atom. The summed E-state index contributed by atoms with van der Waals surface area (Å²) in [7, 11) is 2.20. The van der Waals surface area contributed by atoms with Crippen LogP contribution in [0.3, 0.4) is 0 Å². The molecule has 160 valence electrons. The van der Waals surface area contributed by atoms with Crippen LogP contribution in [-0.4, -0.2) is 70.8 Å². The van der Waals surface area contributed by atoms with E-state index in [1.165, 1.54) is 42.6 Å². The number of anilines is 1. The van der Waals surface area contributed by atoms with Gasteiger partial charge in [-0.3, -0.25) is 9.88 Å². The van der Waals surface area contributed by atoms with Crippen LogP contribution in [0.25, 0.3) is 0 Å². The second-order valence-corrected chi connectivity index (χ2v) is 9.55. The molecular formula is C23H32N6S. The largest absolute Gasteiger partial charge is 0.354 e. The fourth-order valence-corrected chi connectivity index (χ4v) is 5.66. The van der Waals surface area contributed by atoms with Gasteiger partial charge in [0.25, 0.3) is 0 Å². The standard InChI is InChI=1S/C23H32N6S/c1-27-12-14-28(15-13-27)21-16-18(25-23(26-21)30-2)19-9-5-11-29(19)20-8-3-6-17-7-4-10-24-22(17)20/h4,7,10,16,19-20H,3,5-6,8-9,11-15H2,1-2H3/t19-,20+/m1/s1. The van der Waals surface area contributed by atoms with Crippen LogP contribution in [-0.2, 0) is 6.42 Å². The molecule has 6 nitrogen and oxygen atoms in total. The maximum Gasteiger partial charge on any atom is 0.189 e. The smallest absolute Gasteiger partial charge is 0.189 e. The lowest BCUT2D eigenvalue weighted by Crippen LogP contribution is -2.45. The molecule has 3 aliphatic rings. The number of hydrogen-bond donors (Lipinski definition) is 0. The molecule has 7 heteroatoms. The summed E-state index contributed by atoms with van der Waals surface area (Å²) in [6, 6.07) is 7.41. The number of likely N-dealkylation sites (N-methyl/N-ethyl adjacent to an activating group) is 1. The quantitative estimate of drug-likeness (QED) is 0.549. The number of nitrogens with zero attached hydrogens (tertiary/aromatic N) is 6. The van der Waals surface area contributed by atoms with Crippen LogP contribution in [0.15, 0.2) is 29.6 Å². The minimum Gasteiger partial charge on any atom is -0.354 e. The predicted octanol–water partition coefficient (Wildman–Crippen LogP) is 3.56. The number of piperazine rings is 1. The first-order valence-corrected chi connectivity index (χ1v) is 12.5. The zero-order chi connectivity index (χ0) is 20.5. The van der Waals surface area contributed by atoms with E-state index in [4.69, 9.17) is 15.0 Å². The second-order valence-electron chi connectivity index (χ2n) is 8.78. The molecule has 1 aliphatic carbocycles. The molecule has 0 radical (unpaired) electrons. The summed E-state index contributed by atoms with van der Waals surface area (Å²) in [5.74, 6) is 1.10. The van der Waals surface area contributed by atoms with Crippen molar-refractivity contribution in [2.75, 3.05) is 50.9 Å². The lowest BCUT2D eigenvalue weighted by atomic mass is 9.90. The molecule has 2 aromatic heterocycles. The first-order chi connectivity index (χ1) is 14.7. The van der Waals surface area contributed by atoms with Crippen LogP contribution in [0.5, 0.6) is 0 Å². The van der Waals surface area contributed by atoms with Gasteiger partial charge in [0.15, 0.2) is 5.16 Å². The molecule has 0 spiro atoms. The van der Waals surface area contributed by atoms with Gasteiger partial charge in [0.1, 0.15) is 5.82 Å². The van der Waals surface area contributed by atoms with E-state index in [9.17, 15) is 0 Å². The van der Waals surface area contributed by atoms with Crippen molar-refractivity contribution in [3.8, 4) is 0 Å². The third-order valence-corrected chi connectivity index (χ3v) is 7.47. The van der Waals surface area contributed by atoms with Gasteiger partial charge in [0, 0.05) is 38.4 Å². The number of rotatable bonds is 4. The molecule has 5 rings (SSSR count). The highest BCUT2D eigenvalue weighted by Gasteiger charge is 2.36. The number of aryl methyl sites for hydroxylation is 1. The van der Waals surface area contributed by atoms with Crippen LogP contribution in [0.4, 0.5) is 5.82 Å². The summed E-state index contributed by atoms with van der Waals surface area (Å²) in [4.78, 5) is 22.2. The second kappa shape index (κ2) is 8.81. The molecule has 2 aliphatic heterocycles. The third-order valence-electron chi connectivity index (χ3n) is 6.92. The van der Waals surface area contributed by atoms with Crippen molar-refractivity contribution >= 4 is 17.6 Å². The summed E-state index contributed by atoms with van der Waals surface area (Å²) in [6.45, 7) is 5.39. The topological polar surface area (TPSA) is 48.4 Å². The zero-order valence-electron chi connectivity index (χ0n) is 18.1. The Morgan fingerprint density at radius 3 is 2.67 bits per heavy atom. The molecule has 0 saturated carbocycles. The monoisotopic (exact) mass is 424 g/mol. The Balaban J connectivity index is 1.45. The predicted molar refractivity (Wildman–Crippen MR) is 122 cm³/mol. The maximum absolute atomic E-state index is 5.00. The number of aromatic nitrogens is 3. The summed E-state index contributed by atoms with van der Waals surface area (Å²) in [5.41, 5.74) is 3.93. The molecule has 0 amide bonds. The van der Waals surface area contributed by atoms with Gasteiger partial charge in [-0.15, -0.1) is 0 Å². The van der Waals surface area contributed by atoms with Crippen LogP contribution < -0.4 is 4.90 Å². The third kappa shape index (κ3) is 3.95. The molecule has 0 aromatic carbocycles. The SMILES string of the molecule is CSc1nc([C@H]2CCCN2[C@H]2CCCc3cccnc32)cc(N2CCN(C)CC2)n1. The average molecular weight is 425 g/mol. The first-order valence-electron chi connectivity index (χ1n) is 11.3. The highest BCUT2D eigenvalue weighted by Crippen LogP contribution is 2.43. The van der Waals surface area contributed by atoms with Crippen molar-refractivity contribution in [3.63, 3.8) is 0 Å². The van der Waals surface area contributed by atoms with Crippen molar-refractivity contribution in [1.29, 1.82) is 0 Å². The highest BCUT2D eigenvalue weighted by molar-refractivity contribution is 7.98. The number of pyridine rings is 1. The van der Waals surface area contributed by atoms with Gasteiger partial charge >= 0.3 is 0 Å². The molecule has 4 heterocycles. The lowest BCUT2D eigenvalue weighted by Gasteiger charge is -2.36. The molecule has 0 bridgehead atoms. The van der Waals surface area contributed by atoms with Crippen molar-refractivity contribution in [2.24, 2.45) is 0 Å². The summed E-state index contributed by atoms with van der Waals surface area (Å²) < 4.78 is 0. The molecule has 2 fully saturated rings. The van der Waals surface area contributed by atoms with E-state index in [1.54, 1.807) is 11.8 Å². The van der Waals surface area contributed by atoms with Gasteiger partial charge in [-0.05, 0) is 63.6 Å². The normalized spacial score (nSPS) is 25.5. The fraction of sp³-hybridized carbons (Fsp3) is 0.609. The molecule has 2 saturated heterocycles. The Hall–Kier alpha value is -1.70. The summed E-state index contributed by atoms with van der Waals surface area (Å²) in [5, 5.41) is 0.899. The number of likely N-dealkylation sites (tertiary alicyclic amines) is 1. The Labute approximate surface area is 184 Å². The lowest BCUT2D eigenvalue weighted by molar-refractivity contribution is 0.156. The van der Waals surface area contributed by atoms with Gasteiger partial charge < -0.3 is 9.80 Å². The van der Waals surface area contributed by atoms with Crippen LogP contribution in [0, 0.1) is 0 Å². The first kappa shape index (κ1) is 20.2. The van der Waals surface area contributed by atoms with Crippen LogP contribution in [0.1, 0.15) is 54.7 Å². The minimum atomic E-state index is 0.364. The number of hydrogen-bond acceptors (Lipinski definition) is 7. The molecule has 2 atom stereocenters. The van der Waals surface area contributed by atoms with E-state index in [-0.39, 0.29) is 0 Å². The van der Waals surface area contributed by atoms with E-state index in [0.29, 0.717) is 12.1 Å². The highest BCUT2D eigenvalue weighted by atomic mass is 32.2. The van der Waals surface area contributed by atoms with Crippen LogP contribution >= 0.6 is 11.8 Å². The average Bonchev–Trinajstić information content (AvgIpc) is 3.28. The molecular weight excluding hydrogens is 392 g/mol. The maximum atomic E-state index is 5.00.